The predicted octanol–water partition coefficient (Wildman–Crippen LogP) is 2.19. The lowest BCUT2D eigenvalue weighted by molar-refractivity contribution is 1.89. The molecule has 0 spiro atoms. The molecule has 35 valence electrons. The third kappa shape index (κ3) is 0.904. The van der Waals surface area contributed by atoms with Gasteiger partial charge in [-0.3, -0.25) is 0 Å². The SMILES string of the molecule is [CH]=Cc1ccsc1. The van der Waals surface area contributed by atoms with E-state index >= 15 is 0 Å². The molecule has 1 aromatic rings. The first-order valence-electron chi connectivity index (χ1n) is 2.00. The maximum absolute atomic E-state index is 5.18. The van der Waals surface area contributed by atoms with Crippen LogP contribution >= 0.6 is 11.3 Å². The van der Waals surface area contributed by atoms with E-state index in [1.54, 1.807) is 17.4 Å². The highest BCUT2D eigenvalue weighted by Crippen LogP contribution is 2.05. The summed E-state index contributed by atoms with van der Waals surface area (Å²) in [7, 11) is 0. The highest BCUT2D eigenvalue weighted by atomic mass is 32.1. The lowest BCUT2D eigenvalue weighted by Gasteiger charge is -1.70. The fourth-order valence-corrected chi connectivity index (χ4v) is 0.998. The summed E-state index contributed by atoms with van der Waals surface area (Å²) in [5.41, 5.74) is 1.10. The van der Waals surface area contributed by atoms with E-state index in [9.17, 15) is 0 Å². The zero-order valence-electron chi connectivity index (χ0n) is 3.79. The molecule has 0 atom stereocenters. The minimum atomic E-state index is 1.10. The van der Waals surface area contributed by atoms with E-state index in [4.69, 9.17) is 6.58 Å². The molecule has 7 heavy (non-hydrogen) atoms. The van der Waals surface area contributed by atoms with Crippen LogP contribution in [0.3, 0.4) is 0 Å². The van der Waals surface area contributed by atoms with Crippen molar-refractivity contribution in [2.45, 2.75) is 0 Å². The van der Waals surface area contributed by atoms with E-state index in [2.05, 4.69) is 0 Å². The topological polar surface area (TPSA) is 0 Å². The number of hydrogen-bond acceptors (Lipinski definition) is 1. The average Bonchev–Trinajstić information content (AvgIpc) is 2.14. The predicted molar refractivity (Wildman–Crippen MR) is 33.1 cm³/mol. The van der Waals surface area contributed by atoms with Crippen LogP contribution in [0.15, 0.2) is 16.8 Å². The molecule has 1 heterocycles. The Bertz CT molecular complexity index is 139. The second-order valence-corrected chi connectivity index (χ2v) is 2.00. The Labute approximate surface area is 47.1 Å². The molecular weight excluding hydrogens is 104 g/mol. The molecule has 0 aliphatic rings. The van der Waals surface area contributed by atoms with Gasteiger partial charge in [-0.25, -0.2) is 0 Å². The molecule has 0 saturated carbocycles. The zero-order valence-corrected chi connectivity index (χ0v) is 4.61. The van der Waals surface area contributed by atoms with Crippen LogP contribution in [-0.2, 0) is 0 Å². The van der Waals surface area contributed by atoms with Crippen molar-refractivity contribution in [1.82, 2.24) is 0 Å². The Morgan fingerprint density at radius 3 is 2.86 bits per heavy atom. The van der Waals surface area contributed by atoms with E-state index in [1.807, 2.05) is 16.8 Å². The Morgan fingerprint density at radius 2 is 2.57 bits per heavy atom. The maximum Gasteiger partial charge on any atom is -0.00208 e. The van der Waals surface area contributed by atoms with Crippen molar-refractivity contribution < 1.29 is 0 Å². The normalized spacial score (nSPS) is 8.57. The van der Waals surface area contributed by atoms with Crippen molar-refractivity contribution in [1.29, 1.82) is 0 Å². The number of hydrogen-bond donors (Lipinski definition) is 0. The summed E-state index contributed by atoms with van der Waals surface area (Å²) < 4.78 is 0. The third-order valence-corrected chi connectivity index (χ3v) is 1.44. The molecule has 0 amide bonds. The largest absolute Gasteiger partial charge is 0.152 e. The van der Waals surface area contributed by atoms with Crippen LogP contribution in [0, 0.1) is 6.58 Å². The lowest BCUT2D eigenvalue weighted by atomic mass is 10.3. The van der Waals surface area contributed by atoms with Gasteiger partial charge in [0.25, 0.3) is 0 Å². The van der Waals surface area contributed by atoms with Crippen molar-refractivity contribution in [3.8, 4) is 0 Å². The average molecular weight is 109 g/mol. The van der Waals surface area contributed by atoms with Gasteiger partial charge in [-0.2, -0.15) is 11.3 Å². The molecule has 1 radical (unpaired) electrons. The van der Waals surface area contributed by atoms with Crippen molar-refractivity contribution in [2.24, 2.45) is 0 Å². The van der Waals surface area contributed by atoms with E-state index in [0.29, 0.717) is 0 Å². The van der Waals surface area contributed by atoms with E-state index < -0.39 is 0 Å². The van der Waals surface area contributed by atoms with Gasteiger partial charge in [-0.15, -0.1) is 0 Å². The quantitative estimate of drug-likeness (QED) is 0.518. The Balaban J connectivity index is 2.96. The lowest BCUT2D eigenvalue weighted by Crippen LogP contribution is -1.50. The van der Waals surface area contributed by atoms with Crippen molar-refractivity contribution >= 4 is 17.4 Å². The van der Waals surface area contributed by atoms with E-state index in [-0.39, 0.29) is 0 Å². The van der Waals surface area contributed by atoms with Crippen LogP contribution in [0.5, 0.6) is 0 Å². The molecule has 0 unspecified atom stereocenters. The fourth-order valence-electron chi connectivity index (χ4n) is 0.370. The Hall–Kier alpha value is -0.560. The molecule has 1 aromatic heterocycles. The highest BCUT2D eigenvalue weighted by Gasteiger charge is 1.78. The molecule has 0 N–H and O–H groups in total. The van der Waals surface area contributed by atoms with Crippen LogP contribution in [-0.4, -0.2) is 0 Å². The summed E-state index contributed by atoms with van der Waals surface area (Å²) in [6.07, 6.45) is 1.59. The smallest absolute Gasteiger partial charge is 0.00208 e. The third-order valence-electron chi connectivity index (χ3n) is 0.736. The molecule has 0 bridgehead atoms. The molecule has 1 heteroatoms. The fraction of sp³-hybridized carbons (Fsp3) is 0. The summed E-state index contributed by atoms with van der Waals surface area (Å²) in [5, 5.41) is 4.00. The molecule has 0 saturated heterocycles. The van der Waals surface area contributed by atoms with Crippen molar-refractivity contribution in [2.75, 3.05) is 0 Å². The van der Waals surface area contributed by atoms with Gasteiger partial charge in [0.1, 0.15) is 0 Å². The van der Waals surface area contributed by atoms with Gasteiger partial charge < -0.3 is 0 Å². The second kappa shape index (κ2) is 1.94. The van der Waals surface area contributed by atoms with Gasteiger partial charge in [0.15, 0.2) is 0 Å². The van der Waals surface area contributed by atoms with E-state index in [1.165, 1.54) is 0 Å². The number of rotatable bonds is 1. The van der Waals surface area contributed by atoms with E-state index in [0.717, 1.165) is 5.56 Å². The first-order valence-corrected chi connectivity index (χ1v) is 2.95. The molecule has 0 fully saturated rings. The Morgan fingerprint density at radius 1 is 1.71 bits per heavy atom. The monoisotopic (exact) mass is 109 g/mol. The van der Waals surface area contributed by atoms with Gasteiger partial charge in [0.2, 0.25) is 0 Å². The van der Waals surface area contributed by atoms with Gasteiger partial charge in [-0.1, -0.05) is 12.7 Å². The first-order chi connectivity index (χ1) is 3.43. The number of thiophene rings is 1. The first kappa shape index (κ1) is 4.60. The summed E-state index contributed by atoms with van der Waals surface area (Å²) >= 11 is 1.65. The summed E-state index contributed by atoms with van der Waals surface area (Å²) in [5.74, 6) is 0. The van der Waals surface area contributed by atoms with Crippen LogP contribution in [0.2, 0.25) is 0 Å². The van der Waals surface area contributed by atoms with Crippen LogP contribution in [0.4, 0.5) is 0 Å². The maximum atomic E-state index is 5.18. The molecule has 0 nitrogen and oxygen atoms in total. The second-order valence-electron chi connectivity index (χ2n) is 1.22. The zero-order chi connectivity index (χ0) is 5.11. The van der Waals surface area contributed by atoms with Crippen LogP contribution in [0.1, 0.15) is 5.56 Å². The molecule has 0 aliphatic carbocycles. The molecule has 0 aromatic carbocycles. The minimum absolute atomic E-state index is 1.10. The summed E-state index contributed by atoms with van der Waals surface area (Å²) in [4.78, 5) is 0. The molecular formula is C6H5S. The van der Waals surface area contributed by atoms with Gasteiger partial charge in [0.05, 0.1) is 0 Å². The Kier molecular flexibility index (Phi) is 1.27. The summed E-state index contributed by atoms with van der Waals surface area (Å²) in [6, 6.07) is 1.98. The van der Waals surface area contributed by atoms with Crippen molar-refractivity contribution in [3.63, 3.8) is 0 Å². The van der Waals surface area contributed by atoms with Crippen LogP contribution in [0.25, 0.3) is 6.08 Å². The van der Waals surface area contributed by atoms with Crippen LogP contribution < -0.4 is 0 Å². The van der Waals surface area contributed by atoms with Gasteiger partial charge in [-0.05, 0) is 22.4 Å². The highest BCUT2D eigenvalue weighted by molar-refractivity contribution is 7.08. The standard InChI is InChI=1S/C6H5S/c1-2-6-3-4-7-5-6/h1-5H. The van der Waals surface area contributed by atoms with Crippen molar-refractivity contribution in [3.05, 3.63) is 29.0 Å². The molecule has 0 aliphatic heterocycles. The minimum Gasteiger partial charge on any atom is -0.152 e. The van der Waals surface area contributed by atoms with Gasteiger partial charge >= 0.3 is 0 Å². The molecule has 1 rings (SSSR count). The van der Waals surface area contributed by atoms with Gasteiger partial charge in [0, 0.05) is 0 Å². The summed E-state index contributed by atoms with van der Waals surface area (Å²) in [6.45, 7) is 5.18.